The number of piperidine rings is 1. The zero-order valence-corrected chi connectivity index (χ0v) is 26.3. The van der Waals surface area contributed by atoms with Crippen molar-refractivity contribution in [3.05, 3.63) is 64.0 Å². The summed E-state index contributed by atoms with van der Waals surface area (Å²) in [6.07, 6.45) is 6.11. The number of benzene rings is 1. The Balaban J connectivity index is 1.34. The zero-order chi connectivity index (χ0) is 31.0. The summed E-state index contributed by atoms with van der Waals surface area (Å²) in [4.78, 5) is 59.0. The molecule has 2 amide bonds. The Morgan fingerprint density at radius 3 is 2.82 bits per heavy atom. The molecule has 2 fully saturated rings. The molecule has 3 aliphatic rings. The Morgan fingerprint density at radius 1 is 1.16 bits per heavy atom. The minimum atomic E-state index is -0.629. The van der Waals surface area contributed by atoms with E-state index in [1.165, 1.54) is 11.6 Å². The number of nitrogens with zero attached hydrogens (tertiary/aromatic N) is 4. The van der Waals surface area contributed by atoms with Crippen LogP contribution in [0.2, 0.25) is 0 Å². The van der Waals surface area contributed by atoms with E-state index in [4.69, 9.17) is 9.47 Å². The molecular formula is C32H34BrN5O6. The number of pyridine rings is 1. The van der Waals surface area contributed by atoms with Gasteiger partial charge in [0.2, 0.25) is 5.91 Å². The van der Waals surface area contributed by atoms with Gasteiger partial charge in [0.05, 0.1) is 43.5 Å². The number of cyclic esters (lactones) is 1. The van der Waals surface area contributed by atoms with Gasteiger partial charge < -0.3 is 14.4 Å². The second kappa shape index (κ2) is 12.2. The van der Waals surface area contributed by atoms with Crippen molar-refractivity contribution < 1.29 is 28.7 Å². The van der Waals surface area contributed by atoms with E-state index in [0.717, 1.165) is 18.4 Å². The number of rotatable bonds is 4. The lowest BCUT2D eigenvalue weighted by molar-refractivity contribution is -0.139. The number of hydrogen-bond donors (Lipinski definition) is 1. The standard InChI is InChI=1S/C32H34BrN5O6/c1-19-7-10-28(33)35-23(19)14-26(40)25-15-32-16-27(32)38(25)29(41)17-37-24-13-21(8-9-22(24)30(36-37)20(2)39)34-31(42)44-12-6-4-3-5-11-43-18-32/h3,5,7-10,13,25,27H,4,6,11-12,14-18H2,1-2H3,(H,34,42)/t25-,27+,32-/m0/s1. The lowest BCUT2D eigenvalue weighted by Crippen LogP contribution is -2.45. The van der Waals surface area contributed by atoms with Gasteiger partial charge in [-0.05, 0) is 78.4 Å². The van der Waals surface area contributed by atoms with Crippen LogP contribution in [0.5, 0.6) is 0 Å². The molecule has 11 nitrogen and oxygen atoms in total. The Hall–Kier alpha value is -3.90. The maximum Gasteiger partial charge on any atom is 0.411 e. The second-order valence-corrected chi connectivity index (χ2v) is 12.6. The molecule has 3 atom stereocenters. The molecule has 6 rings (SSSR count). The molecule has 2 aliphatic heterocycles. The fraction of sp³-hybridized carbons (Fsp3) is 0.438. The number of ether oxygens (including phenoxy) is 2. The largest absolute Gasteiger partial charge is 0.449 e. The minimum absolute atomic E-state index is 0.0725. The number of anilines is 1. The predicted molar refractivity (Wildman–Crippen MR) is 165 cm³/mol. The summed E-state index contributed by atoms with van der Waals surface area (Å²) in [5.41, 5.74) is 2.49. The van der Waals surface area contributed by atoms with Crippen molar-refractivity contribution in [3.8, 4) is 0 Å². The maximum absolute atomic E-state index is 14.1. The summed E-state index contributed by atoms with van der Waals surface area (Å²) in [7, 11) is 0. The molecule has 230 valence electrons. The van der Waals surface area contributed by atoms with E-state index in [-0.39, 0.29) is 54.2 Å². The molecule has 0 radical (unpaired) electrons. The number of aromatic nitrogens is 3. The number of allylic oxidation sites excluding steroid dienone is 1. The highest BCUT2D eigenvalue weighted by atomic mass is 79.9. The van der Waals surface area contributed by atoms with Gasteiger partial charge >= 0.3 is 6.09 Å². The Labute approximate surface area is 263 Å². The lowest BCUT2D eigenvalue weighted by atomic mass is 9.95. The van der Waals surface area contributed by atoms with Gasteiger partial charge in [0.25, 0.3) is 0 Å². The molecule has 1 aromatic carbocycles. The number of carbonyl (C=O) groups excluding carboxylic acids is 4. The van der Waals surface area contributed by atoms with Gasteiger partial charge in [-0.3, -0.25) is 24.4 Å². The minimum Gasteiger partial charge on any atom is -0.449 e. The van der Waals surface area contributed by atoms with Crippen molar-refractivity contribution in [2.45, 2.75) is 64.6 Å². The number of aryl methyl sites for hydroxylation is 1. The van der Waals surface area contributed by atoms with Crippen LogP contribution in [0.4, 0.5) is 10.5 Å². The van der Waals surface area contributed by atoms with E-state index in [2.05, 4.69) is 31.3 Å². The molecule has 1 saturated carbocycles. The summed E-state index contributed by atoms with van der Waals surface area (Å²) in [6, 6.07) is 8.04. The number of ketones is 2. The molecule has 12 heteroatoms. The monoisotopic (exact) mass is 663 g/mol. The van der Waals surface area contributed by atoms with Crippen molar-refractivity contribution in [1.82, 2.24) is 19.7 Å². The fourth-order valence-electron chi connectivity index (χ4n) is 6.35. The first-order valence-electron chi connectivity index (χ1n) is 14.8. The Bertz CT molecular complexity index is 1680. The zero-order valence-electron chi connectivity index (χ0n) is 24.7. The number of amides is 2. The Kier molecular flexibility index (Phi) is 8.38. The van der Waals surface area contributed by atoms with Crippen LogP contribution in [-0.2, 0) is 32.0 Å². The number of fused-ring (bicyclic) bond motifs is 1. The summed E-state index contributed by atoms with van der Waals surface area (Å²) >= 11 is 3.40. The van der Waals surface area contributed by atoms with Crippen LogP contribution in [0.25, 0.3) is 10.9 Å². The number of nitrogens with one attached hydrogen (secondary N) is 1. The van der Waals surface area contributed by atoms with Crippen molar-refractivity contribution >= 4 is 56.1 Å². The van der Waals surface area contributed by atoms with Crippen LogP contribution in [0.15, 0.2) is 47.1 Å². The average molecular weight is 665 g/mol. The number of carbonyl (C=O) groups is 4. The van der Waals surface area contributed by atoms with Crippen LogP contribution < -0.4 is 5.32 Å². The maximum atomic E-state index is 14.1. The molecule has 0 unspecified atom stereocenters. The highest BCUT2D eigenvalue weighted by Crippen LogP contribution is 2.60. The molecule has 1 aliphatic carbocycles. The first-order valence-corrected chi connectivity index (χ1v) is 15.6. The number of hydrogen-bond acceptors (Lipinski definition) is 8. The molecule has 1 saturated heterocycles. The van der Waals surface area contributed by atoms with Crippen LogP contribution in [-0.4, -0.2) is 75.1 Å². The molecule has 4 heterocycles. The van der Waals surface area contributed by atoms with Gasteiger partial charge in [-0.15, -0.1) is 0 Å². The van der Waals surface area contributed by atoms with Crippen molar-refractivity contribution in [2.75, 3.05) is 25.1 Å². The summed E-state index contributed by atoms with van der Waals surface area (Å²) < 4.78 is 13.5. The number of halogens is 1. The molecule has 3 aromatic rings. The normalized spacial score (nSPS) is 24.1. The molecule has 44 heavy (non-hydrogen) atoms. The van der Waals surface area contributed by atoms with E-state index in [9.17, 15) is 19.2 Å². The smallest absolute Gasteiger partial charge is 0.411 e. The predicted octanol–water partition coefficient (Wildman–Crippen LogP) is 4.79. The summed E-state index contributed by atoms with van der Waals surface area (Å²) in [5.74, 6) is -0.584. The van der Waals surface area contributed by atoms with Gasteiger partial charge in [0.15, 0.2) is 11.6 Å². The van der Waals surface area contributed by atoms with Gasteiger partial charge in [0.1, 0.15) is 16.8 Å². The van der Waals surface area contributed by atoms with Crippen LogP contribution in [0.3, 0.4) is 0 Å². The van der Waals surface area contributed by atoms with E-state index < -0.39 is 12.1 Å². The van der Waals surface area contributed by atoms with E-state index in [1.807, 2.05) is 31.2 Å². The summed E-state index contributed by atoms with van der Waals surface area (Å²) in [6.45, 7) is 4.27. The first kappa shape index (κ1) is 30.1. The average Bonchev–Trinajstić information content (AvgIpc) is 3.40. The quantitative estimate of drug-likeness (QED) is 0.239. The van der Waals surface area contributed by atoms with E-state index in [0.29, 0.717) is 52.9 Å². The third-order valence-corrected chi connectivity index (χ3v) is 9.16. The van der Waals surface area contributed by atoms with Gasteiger partial charge in [0, 0.05) is 29.5 Å². The molecular weight excluding hydrogens is 630 g/mol. The number of Topliss-reactive ketones (excluding diaryl/α,β-unsaturated/α-hetero) is 2. The topological polar surface area (TPSA) is 133 Å². The van der Waals surface area contributed by atoms with E-state index in [1.54, 1.807) is 23.1 Å². The second-order valence-electron chi connectivity index (χ2n) is 11.8. The van der Waals surface area contributed by atoms with Crippen LogP contribution >= 0.6 is 15.9 Å². The van der Waals surface area contributed by atoms with Crippen molar-refractivity contribution in [2.24, 2.45) is 5.41 Å². The molecule has 2 aromatic heterocycles. The third-order valence-electron chi connectivity index (χ3n) is 8.72. The van der Waals surface area contributed by atoms with Crippen LogP contribution in [0.1, 0.15) is 54.4 Å². The fourth-order valence-corrected chi connectivity index (χ4v) is 6.70. The van der Waals surface area contributed by atoms with E-state index >= 15 is 0 Å². The van der Waals surface area contributed by atoms with Crippen molar-refractivity contribution in [3.63, 3.8) is 0 Å². The van der Waals surface area contributed by atoms with Crippen LogP contribution in [0, 0.1) is 12.3 Å². The Morgan fingerprint density at radius 2 is 2.00 bits per heavy atom. The lowest BCUT2D eigenvalue weighted by Gasteiger charge is -2.27. The molecule has 1 N–H and O–H groups in total. The first-order chi connectivity index (χ1) is 21.1. The molecule has 4 bridgehead atoms. The van der Waals surface area contributed by atoms with Gasteiger partial charge in [-0.1, -0.05) is 18.2 Å². The third kappa shape index (κ3) is 6.05. The van der Waals surface area contributed by atoms with Gasteiger partial charge in [-0.2, -0.15) is 5.10 Å². The highest BCUT2D eigenvalue weighted by molar-refractivity contribution is 9.10. The van der Waals surface area contributed by atoms with Crippen molar-refractivity contribution in [1.29, 1.82) is 0 Å². The SMILES string of the molecule is CC(=O)c1nn2c3cc(ccc13)NC(=O)OCCCC=CCOC[C@@]13C[C@@H](C(=O)Cc4nc(Br)ccc4C)N(C(=O)C2)[C@@H]1C3. The van der Waals surface area contributed by atoms with Gasteiger partial charge in [-0.25, -0.2) is 9.78 Å². The molecule has 0 spiro atoms. The highest BCUT2D eigenvalue weighted by Gasteiger charge is 2.67. The summed E-state index contributed by atoms with van der Waals surface area (Å²) in [5, 5.41) is 7.78.